The van der Waals surface area contributed by atoms with Gasteiger partial charge in [-0.2, -0.15) is 0 Å². The Kier molecular flexibility index (Phi) is 5.77. The molecule has 0 aliphatic carbocycles. The summed E-state index contributed by atoms with van der Waals surface area (Å²) in [6.45, 7) is 8.35. The molecule has 0 radical (unpaired) electrons. The molecule has 0 aliphatic rings. The van der Waals surface area contributed by atoms with Gasteiger partial charge >= 0.3 is 0 Å². The van der Waals surface area contributed by atoms with Gasteiger partial charge in [0.05, 0.1) is 7.11 Å². The average molecular weight is 327 g/mol. The van der Waals surface area contributed by atoms with Crippen LogP contribution in [0.1, 0.15) is 22.3 Å². The summed E-state index contributed by atoms with van der Waals surface area (Å²) in [5.74, 6) is 0.875. The van der Waals surface area contributed by atoms with Crippen molar-refractivity contribution in [1.82, 2.24) is 0 Å². The van der Waals surface area contributed by atoms with E-state index in [4.69, 9.17) is 21.7 Å². The Bertz CT molecular complexity index is 725. The summed E-state index contributed by atoms with van der Waals surface area (Å²) in [5.41, 5.74) is 5.22. The Labute approximate surface area is 142 Å². The van der Waals surface area contributed by atoms with Gasteiger partial charge in [-0.15, -0.1) is 0 Å². The maximum Gasteiger partial charge on any atom is 0.260 e. The highest BCUT2D eigenvalue weighted by atomic mass is 32.1. The van der Waals surface area contributed by atoms with Gasteiger partial charge in [0, 0.05) is 11.3 Å². The summed E-state index contributed by atoms with van der Waals surface area (Å²) in [6, 6.07) is 12.1. The maximum absolute atomic E-state index is 5.97. The van der Waals surface area contributed by atoms with Crippen molar-refractivity contribution in [2.75, 3.05) is 12.4 Å². The van der Waals surface area contributed by atoms with Crippen LogP contribution in [-0.2, 0) is 11.3 Å². The van der Waals surface area contributed by atoms with E-state index in [0.29, 0.717) is 11.8 Å². The van der Waals surface area contributed by atoms with E-state index in [1.165, 1.54) is 5.56 Å². The summed E-state index contributed by atoms with van der Waals surface area (Å²) in [4.78, 5) is 0. The van der Waals surface area contributed by atoms with E-state index in [2.05, 4.69) is 24.9 Å². The van der Waals surface area contributed by atoms with Gasteiger partial charge in [-0.3, -0.25) is 0 Å². The molecule has 0 aliphatic heterocycles. The van der Waals surface area contributed by atoms with Crippen molar-refractivity contribution in [2.24, 2.45) is 0 Å². The van der Waals surface area contributed by atoms with Crippen molar-refractivity contribution in [3.8, 4) is 5.75 Å². The van der Waals surface area contributed by atoms with Gasteiger partial charge in [-0.25, -0.2) is 0 Å². The van der Waals surface area contributed by atoms with E-state index in [0.717, 1.165) is 28.1 Å². The predicted octanol–water partition coefficient (Wildman–Crippen LogP) is 4.87. The first-order valence-electron chi connectivity index (χ1n) is 7.34. The standard InChI is InChI=1S/C19H21NO2S/c1-5-15-7-8-17(20-19(23)21-4)16(11-15)12-22-18-9-6-13(2)10-14(18)3/h5-11H,1,12H2,2-4H3,(H,20,23). The average Bonchev–Trinajstić information content (AvgIpc) is 2.55. The molecule has 0 amide bonds. The van der Waals surface area contributed by atoms with Crippen LogP contribution in [-0.4, -0.2) is 12.3 Å². The van der Waals surface area contributed by atoms with Crippen molar-refractivity contribution >= 4 is 29.2 Å². The number of rotatable bonds is 5. The predicted molar refractivity (Wildman–Crippen MR) is 100 cm³/mol. The molecule has 0 saturated heterocycles. The quantitative estimate of drug-likeness (QED) is 0.794. The molecule has 2 aromatic rings. The fourth-order valence-corrected chi connectivity index (χ4v) is 2.37. The van der Waals surface area contributed by atoms with Crippen molar-refractivity contribution in [1.29, 1.82) is 0 Å². The molecular formula is C19H21NO2S. The molecule has 0 spiro atoms. The molecule has 0 aromatic heterocycles. The lowest BCUT2D eigenvalue weighted by molar-refractivity contribution is 0.304. The highest BCUT2D eigenvalue weighted by Crippen LogP contribution is 2.24. The second kappa shape index (κ2) is 7.79. The molecule has 23 heavy (non-hydrogen) atoms. The van der Waals surface area contributed by atoms with Gasteiger partial charge in [0.2, 0.25) is 0 Å². The van der Waals surface area contributed by atoms with Crippen molar-refractivity contribution in [2.45, 2.75) is 20.5 Å². The molecule has 0 heterocycles. The second-order valence-electron chi connectivity index (χ2n) is 5.29. The largest absolute Gasteiger partial charge is 0.489 e. The summed E-state index contributed by atoms with van der Waals surface area (Å²) in [7, 11) is 1.54. The summed E-state index contributed by atoms with van der Waals surface area (Å²) >= 11 is 5.08. The van der Waals surface area contributed by atoms with Gasteiger partial charge < -0.3 is 14.8 Å². The summed E-state index contributed by atoms with van der Waals surface area (Å²) < 4.78 is 11.0. The Morgan fingerprint density at radius 2 is 2.00 bits per heavy atom. The number of hydrogen-bond donors (Lipinski definition) is 1. The SMILES string of the molecule is C=Cc1ccc(NC(=S)OC)c(COc2ccc(C)cc2C)c1. The molecule has 0 atom stereocenters. The van der Waals surface area contributed by atoms with Gasteiger partial charge in [0.25, 0.3) is 5.17 Å². The van der Waals surface area contributed by atoms with Crippen LogP contribution in [0.25, 0.3) is 6.08 Å². The normalized spacial score (nSPS) is 10.0. The third-order valence-corrected chi connectivity index (χ3v) is 3.77. The van der Waals surface area contributed by atoms with E-state index in [-0.39, 0.29) is 0 Å². The van der Waals surface area contributed by atoms with Gasteiger partial charge in [-0.1, -0.05) is 36.4 Å². The highest BCUT2D eigenvalue weighted by Gasteiger charge is 2.08. The zero-order valence-electron chi connectivity index (χ0n) is 13.7. The Balaban J connectivity index is 2.22. The first kappa shape index (κ1) is 17.0. The van der Waals surface area contributed by atoms with Crippen LogP contribution in [0.3, 0.4) is 0 Å². The van der Waals surface area contributed by atoms with E-state index < -0.39 is 0 Å². The Hall–Kier alpha value is -2.33. The molecule has 2 rings (SSSR count). The molecule has 0 fully saturated rings. The summed E-state index contributed by atoms with van der Waals surface area (Å²) in [6.07, 6.45) is 1.80. The zero-order valence-corrected chi connectivity index (χ0v) is 14.5. The van der Waals surface area contributed by atoms with Crippen LogP contribution in [0.4, 0.5) is 5.69 Å². The highest BCUT2D eigenvalue weighted by molar-refractivity contribution is 7.80. The monoisotopic (exact) mass is 327 g/mol. The van der Waals surface area contributed by atoms with Crippen LogP contribution in [0.2, 0.25) is 0 Å². The molecule has 0 bridgehead atoms. The maximum atomic E-state index is 5.97. The molecule has 0 saturated carbocycles. The molecule has 3 nitrogen and oxygen atoms in total. The minimum Gasteiger partial charge on any atom is -0.489 e. The minimum atomic E-state index is 0.323. The zero-order chi connectivity index (χ0) is 16.8. The third-order valence-electron chi connectivity index (χ3n) is 3.50. The lowest BCUT2D eigenvalue weighted by Gasteiger charge is -2.15. The van der Waals surface area contributed by atoms with Gasteiger partial charge in [0.1, 0.15) is 12.4 Å². The number of hydrogen-bond acceptors (Lipinski definition) is 3. The smallest absolute Gasteiger partial charge is 0.260 e. The van der Waals surface area contributed by atoms with Crippen LogP contribution in [0.15, 0.2) is 43.0 Å². The number of aryl methyl sites for hydroxylation is 2. The van der Waals surface area contributed by atoms with Crippen molar-refractivity contribution in [3.63, 3.8) is 0 Å². The fourth-order valence-electron chi connectivity index (χ4n) is 2.26. The van der Waals surface area contributed by atoms with Crippen LogP contribution in [0.5, 0.6) is 5.75 Å². The van der Waals surface area contributed by atoms with E-state index >= 15 is 0 Å². The Morgan fingerprint density at radius 1 is 1.22 bits per heavy atom. The van der Waals surface area contributed by atoms with Crippen LogP contribution in [0, 0.1) is 13.8 Å². The molecule has 120 valence electrons. The van der Waals surface area contributed by atoms with Gasteiger partial charge in [-0.05, 0) is 55.4 Å². The van der Waals surface area contributed by atoms with Crippen molar-refractivity contribution in [3.05, 3.63) is 65.2 Å². The Morgan fingerprint density at radius 3 is 2.65 bits per heavy atom. The lowest BCUT2D eigenvalue weighted by Crippen LogP contribution is -2.13. The van der Waals surface area contributed by atoms with Crippen LogP contribution >= 0.6 is 12.2 Å². The number of thiocarbonyl (C=S) groups is 1. The molecular weight excluding hydrogens is 306 g/mol. The van der Waals surface area contributed by atoms with Crippen molar-refractivity contribution < 1.29 is 9.47 Å². The minimum absolute atomic E-state index is 0.323. The number of anilines is 1. The number of methoxy groups -OCH3 is 1. The molecule has 1 N–H and O–H groups in total. The van der Waals surface area contributed by atoms with E-state index in [1.54, 1.807) is 13.2 Å². The number of nitrogens with one attached hydrogen (secondary N) is 1. The van der Waals surface area contributed by atoms with E-state index in [9.17, 15) is 0 Å². The number of ether oxygens (including phenoxy) is 2. The summed E-state index contributed by atoms with van der Waals surface area (Å²) in [5, 5.41) is 3.39. The second-order valence-corrected chi connectivity index (χ2v) is 5.67. The first-order chi connectivity index (χ1) is 11.0. The third kappa shape index (κ3) is 4.57. The molecule has 0 unspecified atom stereocenters. The molecule has 2 aromatic carbocycles. The number of benzene rings is 2. The molecule has 4 heteroatoms. The fraction of sp³-hybridized carbons (Fsp3) is 0.211. The lowest BCUT2D eigenvalue weighted by atomic mass is 10.1. The first-order valence-corrected chi connectivity index (χ1v) is 7.74. The van der Waals surface area contributed by atoms with Crippen LogP contribution < -0.4 is 10.1 Å². The topological polar surface area (TPSA) is 30.5 Å². The van der Waals surface area contributed by atoms with Gasteiger partial charge in [0.15, 0.2) is 0 Å². The van der Waals surface area contributed by atoms with E-state index in [1.807, 2.05) is 37.3 Å².